The van der Waals surface area contributed by atoms with E-state index >= 15 is 0 Å². The van der Waals surface area contributed by atoms with Crippen LogP contribution in [0.5, 0.6) is 0 Å². The first-order valence-electron chi connectivity index (χ1n) is 2.99. The van der Waals surface area contributed by atoms with Gasteiger partial charge in [-0.2, -0.15) is 0 Å². The van der Waals surface area contributed by atoms with E-state index in [9.17, 15) is 0 Å². The van der Waals surface area contributed by atoms with Crippen LogP contribution in [0.4, 0.5) is 0 Å². The van der Waals surface area contributed by atoms with Gasteiger partial charge in [-0.1, -0.05) is 24.4 Å². The van der Waals surface area contributed by atoms with Crippen molar-refractivity contribution in [3.63, 3.8) is 0 Å². The second-order valence-corrected chi connectivity index (χ2v) is 2.01. The van der Waals surface area contributed by atoms with Crippen LogP contribution in [0, 0.1) is 6.92 Å². The smallest absolute Gasteiger partial charge is 0.159 e. The first kappa shape index (κ1) is 6.81. The van der Waals surface area contributed by atoms with Gasteiger partial charge in [-0.3, -0.25) is 0 Å². The van der Waals surface area contributed by atoms with Crippen molar-refractivity contribution in [1.29, 1.82) is 0 Å². The normalized spacial score (nSPS) is 11.9. The molecule has 0 atom stereocenters. The van der Waals surface area contributed by atoms with E-state index in [4.69, 9.17) is 4.52 Å². The van der Waals surface area contributed by atoms with Gasteiger partial charge in [0.05, 0.1) is 5.69 Å². The molecular formula is C8H9NO. The van der Waals surface area contributed by atoms with Crippen LogP contribution in [0.3, 0.4) is 0 Å². The SMILES string of the molecule is C=C/C=c1/c(C)noc1=C. The molecule has 0 amide bonds. The molecule has 1 rings (SSSR count). The van der Waals surface area contributed by atoms with Gasteiger partial charge in [0.1, 0.15) is 0 Å². The fraction of sp³-hybridized carbons (Fsp3) is 0.125. The van der Waals surface area contributed by atoms with Crippen LogP contribution in [-0.2, 0) is 0 Å². The average Bonchev–Trinajstić information content (AvgIpc) is 2.20. The Balaban J connectivity index is 3.51. The average molecular weight is 135 g/mol. The Morgan fingerprint density at radius 3 is 2.70 bits per heavy atom. The number of rotatable bonds is 1. The van der Waals surface area contributed by atoms with Gasteiger partial charge in [0.15, 0.2) is 5.42 Å². The summed E-state index contributed by atoms with van der Waals surface area (Å²) in [5.74, 6) is 0. The van der Waals surface area contributed by atoms with Crippen LogP contribution in [0.2, 0.25) is 0 Å². The van der Waals surface area contributed by atoms with E-state index in [0.717, 1.165) is 10.9 Å². The van der Waals surface area contributed by atoms with Crippen molar-refractivity contribution < 1.29 is 4.52 Å². The van der Waals surface area contributed by atoms with Gasteiger partial charge in [-0.05, 0) is 13.0 Å². The number of aromatic nitrogens is 1. The maximum Gasteiger partial charge on any atom is 0.159 e. The predicted octanol–water partition coefficient (Wildman–Crippen LogP) is 0.360. The number of hydrogen-bond acceptors (Lipinski definition) is 2. The van der Waals surface area contributed by atoms with Crippen LogP contribution >= 0.6 is 0 Å². The molecular weight excluding hydrogens is 126 g/mol. The van der Waals surface area contributed by atoms with Crippen LogP contribution in [0.1, 0.15) is 5.69 Å². The van der Waals surface area contributed by atoms with Crippen molar-refractivity contribution in [2.24, 2.45) is 0 Å². The summed E-state index contributed by atoms with van der Waals surface area (Å²) in [7, 11) is 0. The van der Waals surface area contributed by atoms with Gasteiger partial charge in [0.2, 0.25) is 0 Å². The molecule has 0 aliphatic heterocycles. The zero-order chi connectivity index (χ0) is 7.56. The largest absolute Gasteiger partial charge is 0.357 e. The highest BCUT2D eigenvalue weighted by Crippen LogP contribution is 1.75. The van der Waals surface area contributed by atoms with Crippen LogP contribution in [0.15, 0.2) is 17.2 Å². The second-order valence-electron chi connectivity index (χ2n) is 2.01. The van der Waals surface area contributed by atoms with Crippen molar-refractivity contribution in [3.8, 4) is 0 Å². The molecule has 0 N–H and O–H groups in total. The van der Waals surface area contributed by atoms with Crippen LogP contribution in [-0.4, -0.2) is 5.16 Å². The predicted molar refractivity (Wildman–Crippen MR) is 40.7 cm³/mol. The molecule has 10 heavy (non-hydrogen) atoms. The maximum atomic E-state index is 4.81. The fourth-order valence-corrected chi connectivity index (χ4v) is 0.755. The molecule has 0 saturated carbocycles. The van der Waals surface area contributed by atoms with E-state index < -0.39 is 0 Å². The molecule has 52 valence electrons. The van der Waals surface area contributed by atoms with Crippen molar-refractivity contribution in [2.45, 2.75) is 6.92 Å². The summed E-state index contributed by atoms with van der Waals surface area (Å²) < 4.78 is 4.81. The minimum absolute atomic E-state index is 0.595. The van der Waals surface area contributed by atoms with Gasteiger partial charge in [0.25, 0.3) is 0 Å². The van der Waals surface area contributed by atoms with Gasteiger partial charge < -0.3 is 4.52 Å². The summed E-state index contributed by atoms with van der Waals surface area (Å²) in [5, 5.41) is 4.64. The minimum atomic E-state index is 0.595. The summed E-state index contributed by atoms with van der Waals surface area (Å²) >= 11 is 0. The van der Waals surface area contributed by atoms with Gasteiger partial charge in [0, 0.05) is 5.22 Å². The lowest BCUT2D eigenvalue weighted by Gasteiger charge is -1.72. The third-order valence-corrected chi connectivity index (χ3v) is 1.27. The van der Waals surface area contributed by atoms with Gasteiger partial charge in [-0.15, -0.1) is 0 Å². The molecule has 0 aliphatic rings. The molecule has 0 bridgehead atoms. The van der Waals surface area contributed by atoms with E-state index in [-0.39, 0.29) is 0 Å². The van der Waals surface area contributed by atoms with Crippen molar-refractivity contribution in [1.82, 2.24) is 5.16 Å². The summed E-state index contributed by atoms with van der Waals surface area (Å²) in [6.45, 7) is 9.09. The standard InChI is InChI=1S/C8H9NO/c1-4-5-8-6(2)9-10-7(8)3/h4-5H,1,3H2,2H3/b8-5-. The Kier molecular flexibility index (Phi) is 1.71. The highest BCUT2D eigenvalue weighted by molar-refractivity contribution is 5.35. The number of hydrogen-bond donors (Lipinski definition) is 0. The topological polar surface area (TPSA) is 26.0 Å². The van der Waals surface area contributed by atoms with E-state index in [1.54, 1.807) is 6.08 Å². The first-order chi connectivity index (χ1) is 4.75. The minimum Gasteiger partial charge on any atom is -0.357 e. The highest BCUT2D eigenvalue weighted by atomic mass is 16.5. The molecule has 1 aromatic heterocycles. The number of allylic oxidation sites excluding steroid dienone is 1. The second kappa shape index (κ2) is 2.52. The van der Waals surface area contributed by atoms with Crippen LogP contribution < -0.4 is 10.6 Å². The monoisotopic (exact) mass is 135 g/mol. The summed E-state index contributed by atoms with van der Waals surface area (Å²) in [6.07, 6.45) is 3.52. The molecule has 0 fully saturated rings. The zero-order valence-electron chi connectivity index (χ0n) is 5.92. The van der Waals surface area contributed by atoms with Crippen molar-refractivity contribution in [3.05, 3.63) is 29.0 Å². The Bertz CT molecular complexity index is 335. The lowest BCUT2D eigenvalue weighted by molar-refractivity contribution is 0.391. The molecule has 0 aliphatic carbocycles. The third kappa shape index (κ3) is 1.00. The summed E-state index contributed by atoms with van der Waals surface area (Å²) in [5.41, 5.74) is 1.45. The number of nitrogens with zero attached hydrogens (tertiary/aromatic N) is 1. The van der Waals surface area contributed by atoms with E-state index in [0.29, 0.717) is 5.42 Å². The van der Waals surface area contributed by atoms with E-state index in [2.05, 4.69) is 18.3 Å². The molecule has 0 saturated heterocycles. The molecule has 1 heterocycles. The van der Waals surface area contributed by atoms with Crippen LogP contribution in [0.25, 0.3) is 12.7 Å². The third-order valence-electron chi connectivity index (χ3n) is 1.27. The molecule has 2 nitrogen and oxygen atoms in total. The Morgan fingerprint density at radius 2 is 2.30 bits per heavy atom. The van der Waals surface area contributed by atoms with Crippen molar-refractivity contribution in [2.75, 3.05) is 0 Å². The Hall–Kier alpha value is -1.31. The van der Waals surface area contributed by atoms with E-state index in [1.807, 2.05) is 13.0 Å². The Morgan fingerprint density at radius 1 is 1.60 bits per heavy atom. The quantitative estimate of drug-likeness (QED) is 0.555. The highest BCUT2D eigenvalue weighted by Gasteiger charge is 1.92. The summed E-state index contributed by atoms with van der Waals surface area (Å²) in [6, 6.07) is 0. The molecule has 0 aromatic carbocycles. The molecule has 0 radical (unpaired) electrons. The molecule has 0 spiro atoms. The molecule has 0 unspecified atom stereocenters. The van der Waals surface area contributed by atoms with Gasteiger partial charge >= 0.3 is 0 Å². The lowest BCUT2D eigenvalue weighted by atomic mass is 10.3. The van der Waals surface area contributed by atoms with Crippen molar-refractivity contribution >= 4 is 12.7 Å². The zero-order valence-corrected chi connectivity index (χ0v) is 5.92. The number of aryl methyl sites for hydroxylation is 1. The Labute approximate surface area is 59.2 Å². The first-order valence-corrected chi connectivity index (χ1v) is 2.99. The van der Waals surface area contributed by atoms with Gasteiger partial charge in [-0.25, -0.2) is 0 Å². The van der Waals surface area contributed by atoms with E-state index in [1.165, 1.54) is 0 Å². The molecule has 2 heteroatoms. The molecule has 1 aromatic rings. The summed E-state index contributed by atoms with van der Waals surface area (Å²) in [4.78, 5) is 0. The fourth-order valence-electron chi connectivity index (χ4n) is 0.755. The maximum absolute atomic E-state index is 4.81. The lowest BCUT2D eigenvalue weighted by Crippen LogP contribution is -2.19.